The van der Waals surface area contributed by atoms with Crippen molar-refractivity contribution in [2.24, 2.45) is 0 Å². The lowest BCUT2D eigenvalue weighted by Crippen LogP contribution is -2.27. The molecule has 1 aromatic carbocycles. The van der Waals surface area contributed by atoms with E-state index < -0.39 is 11.4 Å². The monoisotopic (exact) mass is 307 g/mol. The maximum Gasteiger partial charge on any atom is 0.343 e. The van der Waals surface area contributed by atoms with E-state index >= 15 is 0 Å². The van der Waals surface area contributed by atoms with Crippen LogP contribution in [0.15, 0.2) is 23.1 Å². The Morgan fingerprint density at radius 3 is 3.00 bits per heavy atom. The zero-order chi connectivity index (χ0) is 15.1. The third-order valence-corrected chi connectivity index (χ3v) is 3.85. The predicted octanol–water partition coefficient (Wildman–Crippen LogP) is 2.79. The molecular formula is C15H14ClNO4. The van der Waals surface area contributed by atoms with E-state index in [1.54, 1.807) is 19.1 Å². The number of esters is 1. The number of hydrogen-bond acceptors (Lipinski definition) is 4. The van der Waals surface area contributed by atoms with Crippen LogP contribution in [0, 0.1) is 0 Å². The molecule has 0 N–H and O–H groups in total. The summed E-state index contributed by atoms with van der Waals surface area (Å²) in [5.74, 6) is -0.0340. The molecule has 1 atom stereocenters. The van der Waals surface area contributed by atoms with Crippen LogP contribution in [-0.2, 0) is 4.74 Å². The number of rotatable bonds is 2. The highest BCUT2D eigenvalue weighted by Crippen LogP contribution is 2.34. The standard InChI is InChI=1S/C15H14ClNO4/c1-3-20-15(19)9-6-17-8(2)7-21-11-5-4-10(16)12(13(11)17)14(9)18/h4-6,8H,3,7H2,1-2H3. The van der Waals surface area contributed by atoms with E-state index in [9.17, 15) is 9.59 Å². The molecule has 1 unspecified atom stereocenters. The molecule has 1 aliphatic heterocycles. The molecular weight excluding hydrogens is 294 g/mol. The molecule has 2 heterocycles. The molecule has 0 amide bonds. The van der Waals surface area contributed by atoms with Crippen molar-refractivity contribution in [3.05, 3.63) is 39.1 Å². The summed E-state index contributed by atoms with van der Waals surface area (Å²) in [4.78, 5) is 24.6. The summed E-state index contributed by atoms with van der Waals surface area (Å²) in [5.41, 5.74) is 0.195. The number of benzene rings is 1. The molecule has 21 heavy (non-hydrogen) atoms. The van der Waals surface area contributed by atoms with E-state index in [1.165, 1.54) is 6.20 Å². The van der Waals surface area contributed by atoms with Gasteiger partial charge >= 0.3 is 5.97 Å². The lowest BCUT2D eigenvalue weighted by Gasteiger charge is -2.27. The highest BCUT2D eigenvalue weighted by Gasteiger charge is 2.25. The van der Waals surface area contributed by atoms with Gasteiger partial charge in [-0.05, 0) is 26.0 Å². The number of pyridine rings is 1. The highest BCUT2D eigenvalue weighted by atomic mass is 35.5. The molecule has 1 aromatic heterocycles. The Bertz CT molecular complexity index is 796. The smallest absolute Gasteiger partial charge is 0.343 e. The Morgan fingerprint density at radius 2 is 2.29 bits per heavy atom. The summed E-state index contributed by atoms with van der Waals surface area (Å²) in [5, 5.41) is 0.600. The van der Waals surface area contributed by atoms with E-state index in [2.05, 4.69) is 0 Å². The molecule has 110 valence electrons. The fourth-order valence-electron chi connectivity index (χ4n) is 2.53. The second-order valence-corrected chi connectivity index (χ2v) is 5.34. The van der Waals surface area contributed by atoms with Crippen LogP contribution in [0.25, 0.3) is 10.9 Å². The van der Waals surface area contributed by atoms with Gasteiger partial charge in [0, 0.05) is 6.20 Å². The van der Waals surface area contributed by atoms with Gasteiger partial charge in [0.1, 0.15) is 17.9 Å². The maximum absolute atomic E-state index is 12.6. The van der Waals surface area contributed by atoms with E-state index in [4.69, 9.17) is 21.1 Å². The molecule has 6 heteroatoms. The zero-order valence-corrected chi connectivity index (χ0v) is 12.4. The van der Waals surface area contributed by atoms with Crippen molar-refractivity contribution in [3.8, 4) is 5.75 Å². The normalized spacial score (nSPS) is 16.6. The topological polar surface area (TPSA) is 57.5 Å². The van der Waals surface area contributed by atoms with Gasteiger partial charge in [0.2, 0.25) is 5.43 Å². The lowest BCUT2D eigenvalue weighted by molar-refractivity contribution is 0.0523. The average Bonchev–Trinajstić information content (AvgIpc) is 2.46. The van der Waals surface area contributed by atoms with Crippen LogP contribution >= 0.6 is 11.6 Å². The van der Waals surface area contributed by atoms with Gasteiger partial charge in [0.15, 0.2) is 0 Å². The molecule has 0 saturated heterocycles. The van der Waals surface area contributed by atoms with Crippen LogP contribution in [-0.4, -0.2) is 23.8 Å². The molecule has 0 fully saturated rings. The van der Waals surface area contributed by atoms with Crippen LogP contribution < -0.4 is 10.2 Å². The third kappa shape index (κ3) is 2.08. The van der Waals surface area contributed by atoms with Gasteiger partial charge in [-0.1, -0.05) is 11.6 Å². The van der Waals surface area contributed by atoms with Crippen molar-refractivity contribution < 1.29 is 14.3 Å². The summed E-state index contributed by atoms with van der Waals surface area (Å²) in [6, 6.07) is 3.33. The van der Waals surface area contributed by atoms with Gasteiger partial charge in [-0.25, -0.2) is 4.79 Å². The number of hydrogen-bond donors (Lipinski definition) is 0. The van der Waals surface area contributed by atoms with Gasteiger partial charge in [-0.2, -0.15) is 0 Å². The SMILES string of the molecule is CCOC(=O)c1cn2c3c(ccc(Cl)c3c1=O)OCC2C. The van der Waals surface area contributed by atoms with Crippen molar-refractivity contribution >= 4 is 28.5 Å². The van der Waals surface area contributed by atoms with E-state index in [-0.39, 0.29) is 18.2 Å². The third-order valence-electron chi connectivity index (χ3n) is 3.54. The number of nitrogens with zero attached hydrogens (tertiary/aromatic N) is 1. The van der Waals surface area contributed by atoms with Gasteiger partial charge in [0.25, 0.3) is 0 Å². The molecule has 0 bridgehead atoms. The number of aromatic nitrogens is 1. The quantitative estimate of drug-likeness (QED) is 0.801. The van der Waals surface area contributed by atoms with Crippen molar-refractivity contribution in [1.29, 1.82) is 0 Å². The van der Waals surface area contributed by atoms with Crippen molar-refractivity contribution in [2.45, 2.75) is 19.9 Å². The second-order valence-electron chi connectivity index (χ2n) is 4.93. The molecule has 2 aromatic rings. The van der Waals surface area contributed by atoms with Crippen molar-refractivity contribution in [2.75, 3.05) is 13.2 Å². The van der Waals surface area contributed by atoms with Gasteiger partial charge in [0.05, 0.1) is 28.6 Å². The largest absolute Gasteiger partial charge is 0.489 e. The Kier molecular flexibility index (Phi) is 3.37. The number of halogens is 1. The lowest BCUT2D eigenvalue weighted by atomic mass is 10.1. The molecule has 0 saturated carbocycles. The minimum Gasteiger partial charge on any atom is -0.489 e. The summed E-state index contributed by atoms with van der Waals surface area (Å²) >= 11 is 6.17. The van der Waals surface area contributed by atoms with Crippen LogP contribution in [0.4, 0.5) is 0 Å². The Morgan fingerprint density at radius 1 is 1.52 bits per heavy atom. The summed E-state index contributed by atoms with van der Waals surface area (Å²) in [6.07, 6.45) is 1.54. The first-order valence-electron chi connectivity index (χ1n) is 6.71. The number of ether oxygens (including phenoxy) is 2. The van der Waals surface area contributed by atoms with E-state index in [0.717, 1.165) is 0 Å². The molecule has 1 aliphatic rings. The van der Waals surface area contributed by atoms with Crippen molar-refractivity contribution in [1.82, 2.24) is 4.57 Å². The molecule has 3 rings (SSSR count). The molecule has 0 radical (unpaired) electrons. The van der Waals surface area contributed by atoms with Crippen LogP contribution in [0.1, 0.15) is 30.2 Å². The molecule has 5 nitrogen and oxygen atoms in total. The highest BCUT2D eigenvalue weighted by molar-refractivity contribution is 6.35. The summed E-state index contributed by atoms with van der Waals surface area (Å²) in [6.45, 7) is 4.32. The van der Waals surface area contributed by atoms with Gasteiger partial charge in [-0.3, -0.25) is 4.79 Å². The molecule has 0 spiro atoms. The molecule has 0 aliphatic carbocycles. The average molecular weight is 308 g/mol. The van der Waals surface area contributed by atoms with E-state index in [1.807, 2.05) is 11.5 Å². The summed E-state index contributed by atoms with van der Waals surface area (Å²) < 4.78 is 12.4. The Balaban J connectivity index is 2.40. The fraction of sp³-hybridized carbons (Fsp3) is 0.333. The minimum atomic E-state index is -0.631. The predicted molar refractivity (Wildman–Crippen MR) is 79.4 cm³/mol. The first-order valence-corrected chi connectivity index (χ1v) is 7.09. The number of carbonyl (C=O) groups excluding carboxylic acids is 1. The van der Waals surface area contributed by atoms with Crippen LogP contribution in [0.5, 0.6) is 5.75 Å². The van der Waals surface area contributed by atoms with Gasteiger partial charge in [-0.15, -0.1) is 0 Å². The zero-order valence-electron chi connectivity index (χ0n) is 11.7. The van der Waals surface area contributed by atoms with Gasteiger partial charge < -0.3 is 14.0 Å². The summed E-state index contributed by atoms with van der Waals surface area (Å²) in [7, 11) is 0. The van der Waals surface area contributed by atoms with Crippen molar-refractivity contribution in [3.63, 3.8) is 0 Å². The second kappa shape index (κ2) is 5.07. The maximum atomic E-state index is 12.6. The Labute approximate surface area is 126 Å². The minimum absolute atomic E-state index is 0.00264. The first-order chi connectivity index (χ1) is 10.0. The van der Waals surface area contributed by atoms with Crippen LogP contribution in [0.2, 0.25) is 5.02 Å². The number of carbonyl (C=O) groups is 1. The fourth-order valence-corrected chi connectivity index (χ4v) is 2.76. The van der Waals surface area contributed by atoms with E-state index in [0.29, 0.717) is 28.3 Å². The Hall–Kier alpha value is -2.01. The van der Waals surface area contributed by atoms with Crippen LogP contribution in [0.3, 0.4) is 0 Å². The first kappa shape index (κ1) is 13.9.